The van der Waals surface area contributed by atoms with Crippen molar-refractivity contribution in [3.63, 3.8) is 0 Å². The second kappa shape index (κ2) is 7.22. The van der Waals surface area contributed by atoms with E-state index < -0.39 is 5.54 Å². The van der Waals surface area contributed by atoms with Crippen LogP contribution >= 0.6 is 0 Å². The fourth-order valence-corrected chi connectivity index (χ4v) is 2.77. The Morgan fingerprint density at radius 2 is 2.26 bits per heavy atom. The molecular formula is C14H28N2O3. The van der Waals surface area contributed by atoms with E-state index in [2.05, 4.69) is 10.2 Å². The van der Waals surface area contributed by atoms with Gasteiger partial charge in [-0.25, -0.2) is 0 Å². The lowest BCUT2D eigenvalue weighted by molar-refractivity contribution is -0.149. The van der Waals surface area contributed by atoms with E-state index in [1.54, 1.807) is 0 Å². The highest BCUT2D eigenvalue weighted by Gasteiger charge is 2.36. The normalized spacial score (nSPS) is 22.8. The van der Waals surface area contributed by atoms with Crippen molar-refractivity contribution in [2.45, 2.75) is 51.3 Å². The van der Waals surface area contributed by atoms with Gasteiger partial charge >= 0.3 is 5.97 Å². The van der Waals surface area contributed by atoms with E-state index in [0.29, 0.717) is 12.6 Å². The molecule has 1 heterocycles. The van der Waals surface area contributed by atoms with Crippen molar-refractivity contribution in [3.8, 4) is 0 Å². The third kappa shape index (κ3) is 5.09. The number of carbonyl (C=O) groups is 1. The van der Waals surface area contributed by atoms with E-state index in [-0.39, 0.29) is 12.0 Å². The summed E-state index contributed by atoms with van der Waals surface area (Å²) >= 11 is 0. The minimum atomic E-state index is -0.684. The van der Waals surface area contributed by atoms with Gasteiger partial charge in [-0.3, -0.25) is 10.1 Å². The molecule has 1 aliphatic heterocycles. The van der Waals surface area contributed by atoms with Crippen molar-refractivity contribution >= 4 is 5.97 Å². The third-order valence-electron chi connectivity index (χ3n) is 3.37. The average molecular weight is 272 g/mol. The third-order valence-corrected chi connectivity index (χ3v) is 3.37. The van der Waals surface area contributed by atoms with Gasteiger partial charge in [0.05, 0.1) is 13.2 Å². The molecule has 112 valence electrons. The molecule has 0 aliphatic carbocycles. The lowest BCUT2D eigenvalue weighted by Gasteiger charge is -2.34. The second-order valence-corrected chi connectivity index (χ2v) is 5.95. The molecule has 0 aromatic carbocycles. The molecule has 0 saturated carbocycles. The Hall–Kier alpha value is -0.650. The van der Waals surface area contributed by atoms with Crippen LogP contribution in [0.4, 0.5) is 0 Å². The summed E-state index contributed by atoms with van der Waals surface area (Å²) in [6, 6.07) is 0.222. The predicted molar refractivity (Wildman–Crippen MR) is 75.2 cm³/mol. The first kappa shape index (κ1) is 16.4. The number of likely N-dealkylation sites (N-methyl/N-ethyl adjacent to an activating group) is 1. The minimum absolute atomic E-state index is 0.222. The monoisotopic (exact) mass is 272 g/mol. The minimum Gasteiger partial charge on any atom is -0.468 e. The zero-order valence-electron chi connectivity index (χ0n) is 12.9. The SMILES string of the molecule is COC(=O)C(C)(CN(C)CC1CCCO1)NC(C)C. The number of nitrogens with one attached hydrogen (secondary N) is 1. The van der Waals surface area contributed by atoms with Crippen LogP contribution in [-0.4, -0.2) is 62.4 Å². The molecule has 0 spiro atoms. The molecule has 1 fully saturated rings. The number of ether oxygens (including phenoxy) is 2. The molecule has 1 N–H and O–H groups in total. The highest BCUT2D eigenvalue weighted by molar-refractivity contribution is 5.80. The lowest BCUT2D eigenvalue weighted by Crippen LogP contribution is -2.59. The van der Waals surface area contributed by atoms with Crippen molar-refractivity contribution in [2.24, 2.45) is 0 Å². The zero-order chi connectivity index (χ0) is 14.5. The maximum absolute atomic E-state index is 12.0. The highest BCUT2D eigenvalue weighted by Crippen LogP contribution is 2.15. The van der Waals surface area contributed by atoms with Gasteiger partial charge in [-0.05, 0) is 40.7 Å². The average Bonchev–Trinajstić information content (AvgIpc) is 2.78. The first-order chi connectivity index (χ1) is 8.87. The quantitative estimate of drug-likeness (QED) is 0.702. The standard InChI is InChI=1S/C14H28N2O3/c1-11(2)15-14(3,13(17)18-5)10-16(4)9-12-7-6-8-19-12/h11-12,15H,6-10H2,1-5H3. The number of hydrogen-bond acceptors (Lipinski definition) is 5. The number of methoxy groups -OCH3 is 1. The largest absolute Gasteiger partial charge is 0.468 e. The molecule has 2 unspecified atom stereocenters. The fourth-order valence-electron chi connectivity index (χ4n) is 2.77. The Morgan fingerprint density at radius 3 is 2.74 bits per heavy atom. The number of rotatable bonds is 7. The molecule has 1 saturated heterocycles. The summed E-state index contributed by atoms with van der Waals surface area (Å²) in [7, 11) is 3.45. The topological polar surface area (TPSA) is 50.8 Å². The fraction of sp³-hybridized carbons (Fsp3) is 0.929. The van der Waals surface area contributed by atoms with Crippen LogP contribution in [-0.2, 0) is 14.3 Å². The van der Waals surface area contributed by atoms with Gasteiger partial charge in [0.2, 0.25) is 0 Å². The number of hydrogen-bond donors (Lipinski definition) is 1. The van der Waals surface area contributed by atoms with E-state index in [4.69, 9.17) is 9.47 Å². The van der Waals surface area contributed by atoms with E-state index in [9.17, 15) is 4.79 Å². The van der Waals surface area contributed by atoms with Gasteiger partial charge in [-0.1, -0.05) is 0 Å². The van der Waals surface area contributed by atoms with Crippen LogP contribution in [0.25, 0.3) is 0 Å². The van der Waals surface area contributed by atoms with E-state index in [1.807, 2.05) is 27.8 Å². The number of carbonyl (C=O) groups excluding carboxylic acids is 1. The van der Waals surface area contributed by atoms with Crippen LogP contribution < -0.4 is 5.32 Å². The summed E-state index contributed by atoms with van der Waals surface area (Å²) < 4.78 is 10.6. The molecule has 0 aromatic heterocycles. The summed E-state index contributed by atoms with van der Waals surface area (Å²) in [5.74, 6) is -0.222. The van der Waals surface area contributed by atoms with E-state index in [0.717, 1.165) is 26.0 Å². The molecule has 0 aromatic rings. The van der Waals surface area contributed by atoms with Gasteiger partial charge in [-0.15, -0.1) is 0 Å². The Balaban J connectivity index is 2.57. The van der Waals surface area contributed by atoms with Gasteiger partial charge in [0.1, 0.15) is 5.54 Å². The smallest absolute Gasteiger partial charge is 0.327 e. The van der Waals surface area contributed by atoms with Crippen LogP contribution in [0.2, 0.25) is 0 Å². The van der Waals surface area contributed by atoms with E-state index >= 15 is 0 Å². The Labute approximate surface area is 116 Å². The summed E-state index contributed by atoms with van der Waals surface area (Å²) in [5, 5.41) is 3.31. The molecule has 1 aliphatic rings. The molecule has 5 heteroatoms. The molecule has 2 atom stereocenters. The molecule has 19 heavy (non-hydrogen) atoms. The number of nitrogens with zero attached hydrogens (tertiary/aromatic N) is 1. The maximum Gasteiger partial charge on any atom is 0.327 e. The van der Waals surface area contributed by atoms with Gasteiger partial charge in [0.15, 0.2) is 0 Å². The molecule has 0 radical (unpaired) electrons. The maximum atomic E-state index is 12.0. The van der Waals surface area contributed by atoms with Crippen LogP contribution in [0, 0.1) is 0 Å². The lowest BCUT2D eigenvalue weighted by atomic mass is 10.0. The molecule has 0 bridgehead atoms. The summed E-state index contributed by atoms with van der Waals surface area (Å²) in [5.41, 5.74) is -0.684. The number of esters is 1. The molecule has 1 rings (SSSR count). The van der Waals surface area contributed by atoms with Crippen LogP contribution in [0.15, 0.2) is 0 Å². The van der Waals surface area contributed by atoms with Crippen molar-refractivity contribution in [1.29, 1.82) is 0 Å². The first-order valence-corrected chi connectivity index (χ1v) is 7.03. The Bertz CT molecular complexity index is 290. The van der Waals surface area contributed by atoms with Crippen molar-refractivity contribution in [3.05, 3.63) is 0 Å². The summed E-state index contributed by atoms with van der Waals surface area (Å²) in [6.07, 6.45) is 2.54. The van der Waals surface area contributed by atoms with Gasteiger partial charge in [0.25, 0.3) is 0 Å². The Morgan fingerprint density at radius 1 is 1.58 bits per heavy atom. The van der Waals surface area contributed by atoms with Gasteiger partial charge in [0, 0.05) is 25.7 Å². The van der Waals surface area contributed by atoms with Gasteiger partial charge < -0.3 is 14.4 Å². The van der Waals surface area contributed by atoms with E-state index in [1.165, 1.54) is 7.11 Å². The van der Waals surface area contributed by atoms with Gasteiger partial charge in [-0.2, -0.15) is 0 Å². The molecule has 5 nitrogen and oxygen atoms in total. The van der Waals surface area contributed by atoms with Crippen molar-refractivity contribution < 1.29 is 14.3 Å². The molecular weight excluding hydrogens is 244 g/mol. The summed E-state index contributed by atoms with van der Waals surface area (Å²) in [6.45, 7) is 8.27. The van der Waals surface area contributed by atoms with Crippen LogP contribution in [0.5, 0.6) is 0 Å². The highest BCUT2D eigenvalue weighted by atomic mass is 16.5. The summed E-state index contributed by atoms with van der Waals surface area (Å²) in [4.78, 5) is 14.1. The van der Waals surface area contributed by atoms with Crippen molar-refractivity contribution in [1.82, 2.24) is 10.2 Å². The predicted octanol–water partition coefficient (Wildman–Crippen LogP) is 1.03. The zero-order valence-corrected chi connectivity index (χ0v) is 12.9. The Kier molecular flexibility index (Phi) is 6.23. The first-order valence-electron chi connectivity index (χ1n) is 7.03. The second-order valence-electron chi connectivity index (χ2n) is 5.95. The molecule has 0 amide bonds. The van der Waals surface area contributed by atoms with Crippen LogP contribution in [0.3, 0.4) is 0 Å². The van der Waals surface area contributed by atoms with Crippen molar-refractivity contribution in [2.75, 3.05) is 33.9 Å². The van der Waals surface area contributed by atoms with Crippen LogP contribution in [0.1, 0.15) is 33.6 Å².